The van der Waals surface area contributed by atoms with Crippen LogP contribution in [0.5, 0.6) is 0 Å². The Morgan fingerprint density at radius 2 is 1.47 bits per heavy atom. The molecule has 2 heteroatoms. The van der Waals surface area contributed by atoms with Gasteiger partial charge in [-0.1, -0.05) is 53.7 Å². The van der Waals surface area contributed by atoms with Gasteiger partial charge in [-0.2, -0.15) is 0 Å². The average molecular weight is 469 g/mol. The number of rotatable bonds is 2. The molecule has 0 radical (unpaired) electrons. The Bertz CT molecular complexity index is 872. The van der Waals surface area contributed by atoms with Crippen LogP contribution in [0.3, 0.4) is 0 Å². The zero-order valence-corrected chi connectivity index (χ0v) is 23.6. The standard InChI is InChI=1S/C32H52O2/c1-20(2)22-12-15-29(6)18-19-31(8)23(27(22)29)10-11-25-30(7)16-14-26(34-21(3)33)28(4,5)24(30)13-17-32(25,31)9/h22-27H,1,10-19H2,2-9H3/t22-,23+,24-,25+,26-,27-,29+,30-,31+,32+/m0/s1. The summed E-state index contributed by atoms with van der Waals surface area (Å²) in [7, 11) is 0. The highest BCUT2D eigenvalue weighted by atomic mass is 16.5. The summed E-state index contributed by atoms with van der Waals surface area (Å²) in [5.41, 5.74) is 3.23. The van der Waals surface area contributed by atoms with Crippen molar-refractivity contribution in [2.45, 2.75) is 126 Å². The third-order valence-electron chi connectivity index (χ3n) is 13.7. The first-order valence-corrected chi connectivity index (χ1v) is 14.5. The SMILES string of the molecule is C=C(C)[C@@H]1CC[C@]2(C)CC[C@]3(C)[C@H](CC[C@@H]4[C@@]5(C)CC[C@H](OC(C)=O)C(C)(C)[C@@H]5CC[C@]43C)[C@H]12. The molecule has 192 valence electrons. The molecule has 0 aromatic carbocycles. The molecule has 5 aliphatic rings. The number of fused-ring (bicyclic) bond motifs is 7. The molecule has 0 saturated heterocycles. The maximum absolute atomic E-state index is 11.9. The Hall–Kier alpha value is -0.790. The second kappa shape index (κ2) is 7.61. The molecule has 34 heavy (non-hydrogen) atoms. The minimum Gasteiger partial charge on any atom is -0.462 e. The van der Waals surface area contributed by atoms with E-state index in [4.69, 9.17) is 4.74 Å². The van der Waals surface area contributed by atoms with Crippen molar-refractivity contribution in [2.24, 2.45) is 56.7 Å². The van der Waals surface area contributed by atoms with Gasteiger partial charge in [0.05, 0.1) is 0 Å². The summed E-state index contributed by atoms with van der Waals surface area (Å²) in [4.78, 5) is 11.9. The molecule has 2 nitrogen and oxygen atoms in total. The lowest BCUT2D eigenvalue weighted by Crippen LogP contribution is -2.66. The predicted molar refractivity (Wildman–Crippen MR) is 140 cm³/mol. The van der Waals surface area contributed by atoms with Crippen molar-refractivity contribution in [1.29, 1.82) is 0 Å². The number of esters is 1. The van der Waals surface area contributed by atoms with Gasteiger partial charge in [-0.25, -0.2) is 0 Å². The highest BCUT2D eigenvalue weighted by Gasteiger charge is 2.70. The van der Waals surface area contributed by atoms with E-state index in [0.29, 0.717) is 27.6 Å². The van der Waals surface area contributed by atoms with Gasteiger partial charge in [-0.3, -0.25) is 4.79 Å². The topological polar surface area (TPSA) is 26.3 Å². The Morgan fingerprint density at radius 3 is 2.12 bits per heavy atom. The van der Waals surface area contributed by atoms with Gasteiger partial charge in [-0.15, -0.1) is 0 Å². The highest BCUT2D eigenvalue weighted by molar-refractivity contribution is 5.66. The fraction of sp³-hybridized carbons (Fsp3) is 0.906. The van der Waals surface area contributed by atoms with Crippen LogP contribution in [-0.2, 0) is 9.53 Å². The molecule has 0 N–H and O–H groups in total. The average Bonchev–Trinajstić information content (AvgIpc) is 3.08. The number of hydrogen-bond donors (Lipinski definition) is 0. The first-order chi connectivity index (χ1) is 15.7. The lowest BCUT2D eigenvalue weighted by molar-refractivity contribution is -0.248. The molecule has 0 heterocycles. The van der Waals surface area contributed by atoms with E-state index in [9.17, 15) is 4.79 Å². The van der Waals surface area contributed by atoms with E-state index < -0.39 is 0 Å². The molecule has 5 aliphatic carbocycles. The van der Waals surface area contributed by atoms with Crippen LogP contribution in [0.15, 0.2) is 12.2 Å². The summed E-state index contributed by atoms with van der Waals surface area (Å²) in [6.45, 7) is 23.9. The molecule has 0 aromatic rings. The van der Waals surface area contributed by atoms with E-state index >= 15 is 0 Å². The molecule has 0 aromatic heterocycles. The normalized spacial score (nSPS) is 53.6. The molecule has 0 bridgehead atoms. The van der Waals surface area contributed by atoms with E-state index in [1.807, 2.05) is 0 Å². The Balaban J connectivity index is 1.50. The van der Waals surface area contributed by atoms with Crippen molar-refractivity contribution in [3.63, 3.8) is 0 Å². The zero-order chi connectivity index (χ0) is 24.9. The quantitative estimate of drug-likeness (QED) is 0.299. The van der Waals surface area contributed by atoms with E-state index in [-0.39, 0.29) is 17.5 Å². The first kappa shape index (κ1) is 24.9. The molecule has 5 rings (SSSR count). The third-order valence-corrected chi connectivity index (χ3v) is 13.7. The van der Waals surface area contributed by atoms with Crippen LogP contribution in [0.2, 0.25) is 0 Å². The molecule has 0 spiro atoms. The van der Waals surface area contributed by atoms with E-state index in [1.165, 1.54) is 63.4 Å². The van der Waals surface area contributed by atoms with Gasteiger partial charge in [0, 0.05) is 12.3 Å². The van der Waals surface area contributed by atoms with Crippen LogP contribution < -0.4 is 0 Å². The maximum atomic E-state index is 11.9. The summed E-state index contributed by atoms with van der Waals surface area (Å²) >= 11 is 0. The van der Waals surface area contributed by atoms with Gasteiger partial charge < -0.3 is 4.74 Å². The monoisotopic (exact) mass is 468 g/mol. The van der Waals surface area contributed by atoms with Gasteiger partial charge in [0.15, 0.2) is 0 Å². The van der Waals surface area contributed by atoms with Gasteiger partial charge in [0.2, 0.25) is 0 Å². The minimum atomic E-state index is -0.107. The maximum Gasteiger partial charge on any atom is 0.302 e. The fourth-order valence-corrected chi connectivity index (χ4v) is 11.9. The number of carbonyl (C=O) groups excluding carboxylic acids is 1. The van der Waals surface area contributed by atoms with Crippen LogP contribution in [0, 0.1) is 56.7 Å². The minimum absolute atomic E-state index is 0.0550. The van der Waals surface area contributed by atoms with E-state index in [2.05, 4.69) is 55.0 Å². The Morgan fingerprint density at radius 1 is 0.765 bits per heavy atom. The molecule has 0 unspecified atom stereocenters. The fourth-order valence-electron chi connectivity index (χ4n) is 11.9. The second-order valence-electron chi connectivity index (χ2n) is 15.3. The molecule has 5 saturated carbocycles. The van der Waals surface area contributed by atoms with Crippen molar-refractivity contribution >= 4 is 5.97 Å². The molecular formula is C32H52O2. The van der Waals surface area contributed by atoms with Crippen LogP contribution in [0.25, 0.3) is 0 Å². The lowest BCUT2D eigenvalue weighted by Gasteiger charge is -2.73. The highest BCUT2D eigenvalue weighted by Crippen LogP contribution is 2.77. The van der Waals surface area contributed by atoms with Crippen LogP contribution >= 0.6 is 0 Å². The predicted octanol–water partition coefficient (Wildman–Crippen LogP) is 8.60. The number of allylic oxidation sites excluding steroid dienone is 1. The summed E-state index contributed by atoms with van der Waals surface area (Å²) < 4.78 is 5.91. The van der Waals surface area contributed by atoms with Crippen LogP contribution in [-0.4, -0.2) is 12.1 Å². The van der Waals surface area contributed by atoms with Crippen LogP contribution in [0.1, 0.15) is 120 Å². The second-order valence-corrected chi connectivity index (χ2v) is 15.3. The van der Waals surface area contributed by atoms with E-state index in [1.54, 1.807) is 6.92 Å². The van der Waals surface area contributed by atoms with Crippen molar-refractivity contribution in [1.82, 2.24) is 0 Å². The van der Waals surface area contributed by atoms with Crippen molar-refractivity contribution in [3.8, 4) is 0 Å². The Kier molecular flexibility index (Phi) is 5.57. The van der Waals surface area contributed by atoms with Gasteiger partial charge >= 0.3 is 5.97 Å². The van der Waals surface area contributed by atoms with Crippen molar-refractivity contribution in [2.75, 3.05) is 0 Å². The van der Waals surface area contributed by atoms with Gasteiger partial charge in [0.1, 0.15) is 6.10 Å². The first-order valence-electron chi connectivity index (χ1n) is 14.5. The van der Waals surface area contributed by atoms with Crippen molar-refractivity contribution < 1.29 is 9.53 Å². The summed E-state index contributed by atoms with van der Waals surface area (Å²) in [6, 6.07) is 0. The van der Waals surface area contributed by atoms with Crippen molar-refractivity contribution in [3.05, 3.63) is 12.2 Å². The van der Waals surface area contributed by atoms with Crippen LogP contribution in [0.4, 0.5) is 0 Å². The zero-order valence-electron chi connectivity index (χ0n) is 23.6. The Labute approximate surface area is 210 Å². The number of carbonyl (C=O) groups is 1. The van der Waals surface area contributed by atoms with Gasteiger partial charge in [0.25, 0.3) is 0 Å². The molecule has 0 aliphatic heterocycles. The summed E-state index contributed by atoms with van der Waals surface area (Å²) in [5.74, 6) is 3.74. The third kappa shape index (κ3) is 3.08. The number of ether oxygens (including phenoxy) is 1. The molecule has 5 fully saturated rings. The molecule has 0 amide bonds. The van der Waals surface area contributed by atoms with Gasteiger partial charge in [-0.05, 0) is 122 Å². The summed E-state index contributed by atoms with van der Waals surface area (Å²) in [5, 5.41) is 0. The largest absolute Gasteiger partial charge is 0.462 e. The smallest absolute Gasteiger partial charge is 0.302 e. The molecular weight excluding hydrogens is 416 g/mol. The number of hydrogen-bond acceptors (Lipinski definition) is 2. The lowest BCUT2D eigenvalue weighted by atomic mass is 9.32. The molecule has 10 atom stereocenters. The summed E-state index contributed by atoms with van der Waals surface area (Å²) in [6.07, 6.45) is 13.4. The van der Waals surface area contributed by atoms with E-state index in [0.717, 1.165) is 30.1 Å².